The summed E-state index contributed by atoms with van der Waals surface area (Å²) < 4.78 is 26.3. The van der Waals surface area contributed by atoms with Gasteiger partial charge in [-0.15, -0.1) is 0 Å². The molecule has 1 atom stereocenters. The third kappa shape index (κ3) is 3.18. The van der Waals surface area contributed by atoms with Gasteiger partial charge >= 0.3 is 124 Å². The second-order valence-corrected chi connectivity index (χ2v) is 9.00. The van der Waals surface area contributed by atoms with E-state index in [-0.39, 0.29) is 22.5 Å². The molecule has 1 unspecified atom stereocenters. The predicted octanol–water partition coefficient (Wildman–Crippen LogP) is 0.577. The quantitative estimate of drug-likeness (QED) is 0.622. The Hall–Kier alpha value is -0.278. The summed E-state index contributed by atoms with van der Waals surface area (Å²) in [4.78, 5) is 12.3. The van der Waals surface area contributed by atoms with Gasteiger partial charge in [0.05, 0.1) is 0 Å². The molecule has 1 saturated heterocycles. The molecule has 0 radical (unpaired) electrons. The van der Waals surface area contributed by atoms with Crippen LogP contribution < -0.4 is 0 Å². The summed E-state index contributed by atoms with van der Waals surface area (Å²) in [6.45, 7) is 0.937. The molecule has 1 fully saturated rings. The third-order valence-corrected chi connectivity index (χ3v) is 7.16. The average Bonchev–Trinajstić information content (AvgIpc) is 2.76. The van der Waals surface area contributed by atoms with Crippen LogP contribution in [0, 0.1) is 0 Å². The summed E-state index contributed by atoms with van der Waals surface area (Å²) in [7, 11) is -3.48. The van der Waals surface area contributed by atoms with Crippen molar-refractivity contribution in [2.45, 2.75) is 23.8 Å². The fourth-order valence-electron chi connectivity index (χ4n) is 2.13. The Kier molecular flexibility index (Phi) is 4.55. The molecule has 0 aliphatic carbocycles. The normalized spacial score (nSPS) is 20.9. The van der Waals surface area contributed by atoms with Crippen molar-refractivity contribution in [2.75, 3.05) is 12.3 Å². The van der Waals surface area contributed by atoms with E-state index in [2.05, 4.69) is 2.71 Å². The summed E-state index contributed by atoms with van der Waals surface area (Å²) in [5.41, 5.74) is 0. The molecule has 6 heteroatoms. The summed E-state index contributed by atoms with van der Waals surface area (Å²) in [5.74, 6) is -0.524. The minimum absolute atomic E-state index is 0.154. The van der Waals surface area contributed by atoms with Crippen molar-refractivity contribution in [3.05, 3.63) is 30.3 Å². The van der Waals surface area contributed by atoms with Gasteiger partial charge in [0.25, 0.3) is 0 Å². The molecule has 0 aromatic heterocycles. The van der Waals surface area contributed by atoms with Gasteiger partial charge in [0.15, 0.2) is 0 Å². The van der Waals surface area contributed by atoms with Crippen LogP contribution in [-0.2, 0) is 14.6 Å². The van der Waals surface area contributed by atoms with Crippen LogP contribution in [0.3, 0.4) is 0 Å². The molecule has 94 valence electrons. The Morgan fingerprint density at radius 1 is 1.33 bits per heavy atom. The number of ketones is 1. The SMILES string of the molecule is O=C(CS(=O)(=O)c1ccccc1)C1CCC[N]1[Tl]. The van der Waals surface area contributed by atoms with Crippen molar-refractivity contribution in [3.8, 4) is 0 Å². The van der Waals surface area contributed by atoms with Crippen molar-refractivity contribution in [1.82, 2.24) is 2.71 Å². The van der Waals surface area contributed by atoms with Gasteiger partial charge in [-0.05, 0) is 0 Å². The summed E-state index contributed by atoms with van der Waals surface area (Å²) in [6.07, 6.45) is 1.80. The molecule has 1 aliphatic heterocycles. The molecule has 4 nitrogen and oxygen atoms in total. The number of Topliss-reactive ketones (excluding diaryl/α,β-unsaturated/α-hetero) is 1. The van der Waals surface area contributed by atoms with Gasteiger partial charge < -0.3 is 0 Å². The molecule has 0 amide bonds. The van der Waals surface area contributed by atoms with Crippen LogP contribution in [0.5, 0.6) is 0 Å². The van der Waals surface area contributed by atoms with Crippen molar-refractivity contribution in [1.29, 1.82) is 0 Å². The molecule has 1 aromatic carbocycles. The molecular formula is C12H14NO3STl. The molecular weight excluding hydrogens is 443 g/mol. The van der Waals surface area contributed by atoms with Crippen LogP contribution in [0.2, 0.25) is 0 Å². The average molecular weight is 457 g/mol. The van der Waals surface area contributed by atoms with Crippen LogP contribution in [0.1, 0.15) is 12.8 Å². The third-order valence-electron chi connectivity index (χ3n) is 3.10. The van der Waals surface area contributed by atoms with Crippen LogP contribution in [0.15, 0.2) is 35.2 Å². The topological polar surface area (TPSA) is 54.5 Å². The van der Waals surface area contributed by atoms with Crippen LogP contribution in [0.4, 0.5) is 0 Å². The molecule has 18 heavy (non-hydrogen) atoms. The second-order valence-electron chi connectivity index (χ2n) is 4.43. The van der Waals surface area contributed by atoms with E-state index in [9.17, 15) is 13.2 Å². The van der Waals surface area contributed by atoms with Gasteiger partial charge in [-0.2, -0.15) is 0 Å². The molecule has 0 N–H and O–H groups in total. The number of sulfone groups is 1. The number of rotatable bonds is 4. The number of carbonyl (C=O) groups is 1. The number of nitrogens with zero attached hydrogens (tertiary/aromatic N) is 1. The Balaban J connectivity index is 2.12. The van der Waals surface area contributed by atoms with Crippen molar-refractivity contribution < 1.29 is 13.2 Å². The van der Waals surface area contributed by atoms with Gasteiger partial charge in [-0.25, -0.2) is 0 Å². The zero-order valence-corrected chi connectivity index (χ0v) is 15.3. The number of hydrogen-bond donors (Lipinski definition) is 0. The first-order chi connectivity index (χ1) is 8.50. The number of carbonyl (C=O) groups excluding carboxylic acids is 1. The van der Waals surface area contributed by atoms with Crippen LogP contribution in [0.25, 0.3) is 0 Å². The molecule has 0 bridgehead atoms. The Bertz CT molecular complexity index is 530. The standard InChI is InChI=1S/C12H14NO3S.Tl/c14-12(11-7-4-8-13-11)9-17(15,16)10-5-2-1-3-6-10;/h1-3,5-6,11H,4,7-9H2;/q-1;+1. The summed E-state index contributed by atoms with van der Waals surface area (Å²) >= 11 is 0.603. The first-order valence-electron chi connectivity index (χ1n) is 5.82. The second kappa shape index (κ2) is 5.79. The van der Waals surface area contributed by atoms with Gasteiger partial charge in [0, 0.05) is 0 Å². The Morgan fingerprint density at radius 3 is 2.56 bits per heavy atom. The van der Waals surface area contributed by atoms with E-state index in [1.807, 2.05) is 0 Å². The van der Waals surface area contributed by atoms with E-state index >= 15 is 0 Å². The van der Waals surface area contributed by atoms with Crippen molar-refractivity contribution >= 4 is 41.7 Å². The first-order valence-corrected chi connectivity index (χ1v) is 9.48. The van der Waals surface area contributed by atoms with Gasteiger partial charge in [-0.3, -0.25) is 0 Å². The molecule has 1 heterocycles. The summed E-state index contributed by atoms with van der Waals surface area (Å²) in [5, 5.41) is 0. The van der Waals surface area contributed by atoms with Crippen LogP contribution >= 0.6 is 0 Å². The summed E-state index contributed by atoms with van der Waals surface area (Å²) in [6, 6.07) is 8.03. The number of benzene rings is 1. The monoisotopic (exact) mass is 457 g/mol. The Morgan fingerprint density at radius 2 is 2.00 bits per heavy atom. The first kappa shape index (κ1) is 14.1. The molecule has 2 rings (SSSR count). The molecule has 0 saturated carbocycles. The van der Waals surface area contributed by atoms with E-state index in [1.54, 1.807) is 18.2 Å². The van der Waals surface area contributed by atoms with Gasteiger partial charge in [0.1, 0.15) is 0 Å². The van der Waals surface area contributed by atoms with E-state index in [1.165, 1.54) is 12.1 Å². The van der Waals surface area contributed by atoms with Crippen molar-refractivity contribution in [2.24, 2.45) is 0 Å². The van der Waals surface area contributed by atoms with E-state index in [4.69, 9.17) is 0 Å². The molecule has 1 aromatic rings. The number of hydrogen-bond acceptors (Lipinski definition) is 4. The zero-order valence-electron chi connectivity index (χ0n) is 9.95. The zero-order chi connectivity index (χ0) is 13.2. The van der Waals surface area contributed by atoms with Crippen LogP contribution in [-0.4, -0.2) is 61.3 Å². The van der Waals surface area contributed by atoms with E-state index in [0.29, 0.717) is 26.1 Å². The fraction of sp³-hybridized carbons (Fsp3) is 0.417. The van der Waals surface area contributed by atoms with Gasteiger partial charge in [0.2, 0.25) is 0 Å². The maximum atomic E-state index is 12.1. The molecule has 0 spiro atoms. The van der Waals surface area contributed by atoms with Crippen molar-refractivity contribution in [3.63, 3.8) is 0 Å². The Labute approximate surface area is 123 Å². The van der Waals surface area contributed by atoms with E-state index in [0.717, 1.165) is 19.4 Å². The van der Waals surface area contributed by atoms with Gasteiger partial charge in [-0.1, -0.05) is 0 Å². The maximum absolute atomic E-state index is 12.1. The van der Waals surface area contributed by atoms with E-state index < -0.39 is 9.84 Å². The molecule has 1 aliphatic rings. The fourth-order valence-corrected chi connectivity index (χ4v) is 5.37. The minimum atomic E-state index is -3.48. The predicted molar refractivity (Wildman–Crippen MR) is 69.0 cm³/mol.